The molecule has 32 heavy (non-hydrogen) atoms. The van der Waals surface area contributed by atoms with Crippen LogP contribution in [0.25, 0.3) is 11.8 Å². The molecule has 4 rings (SSSR count). The van der Waals surface area contributed by atoms with Crippen molar-refractivity contribution in [1.29, 1.82) is 0 Å². The van der Waals surface area contributed by atoms with Crippen LogP contribution in [0.2, 0.25) is 5.02 Å². The molecule has 0 fully saturated rings. The molecule has 0 bridgehead atoms. The number of aromatic hydroxyl groups is 1. The number of aromatic nitrogens is 2. The van der Waals surface area contributed by atoms with Gasteiger partial charge in [-0.25, -0.2) is 9.36 Å². The van der Waals surface area contributed by atoms with Crippen LogP contribution in [-0.2, 0) is 4.79 Å². The van der Waals surface area contributed by atoms with E-state index in [1.807, 2.05) is 0 Å². The van der Waals surface area contributed by atoms with E-state index in [-0.39, 0.29) is 16.8 Å². The van der Waals surface area contributed by atoms with Crippen LogP contribution in [0.4, 0.5) is 5.69 Å². The SMILES string of the molecule is COc1ccc(N2N=C(C)/C(=C/c3c(O)n(-c4cccc(Cl)c4)c(=O)[nH]c3=O)C2=O)cc1. The third-order valence-corrected chi connectivity index (χ3v) is 5.09. The van der Waals surface area contributed by atoms with E-state index >= 15 is 0 Å². The number of amides is 1. The van der Waals surface area contributed by atoms with Crippen molar-refractivity contribution >= 4 is 35.0 Å². The topological polar surface area (TPSA) is 117 Å². The first kappa shape index (κ1) is 21.1. The summed E-state index contributed by atoms with van der Waals surface area (Å²) in [6.07, 6.45) is 1.21. The lowest BCUT2D eigenvalue weighted by molar-refractivity contribution is -0.114. The number of hydrazone groups is 1. The Hall–Kier alpha value is -4.11. The lowest BCUT2D eigenvalue weighted by atomic mass is 10.1. The Morgan fingerprint density at radius 2 is 1.81 bits per heavy atom. The monoisotopic (exact) mass is 452 g/mol. The van der Waals surface area contributed by atoms with Crippen LogP contribution in [0.15, 0.2) is 68.8 Å². The second-order valence-electron chi connectivity index (χ2n) is 6.87. The summed E-state index contributed by atoms with van der Waals surface area (Å²) < 4.78 is 6.01. The van der Waals surface area contributed by atoms with Gasteiger partial charge in [-0.3, -0.25) is 14.6 Å². The normalized spacial score (nSPS) is 14.7. The van der Waals surface area contributed by atoms with Crippen LogP contribution >= 0.6 is 11.6 Å². The highest BCUT2D eigenvalue weighted by Crippen LogP contribution is 2.28. The van der Waals surface area contributed by atoms with E-state index in [1.54, 1.807) is 49.4 Å². The molecule has 0 saturated carbocycles. The molecule has 0 aliphatic carbocycles. The Labute approximate surface area is 186 Å². The summed E-state index contributed by atoms with van der Waals surface area (Å²) in [6.45, 7) is 1.60. The number of nitrogens with zero attached hydrogens (tertiary/aromatic N) is 3. The average molecular weight is 453 g/mol. The lowest BCUT2D eigenvalue weighted by Gasteiger charge is -2.12. The number of methoxy groups -OCH3 is 1. The molecule has 1 amide bonds. The summed E-state index contributed by atoms with van der Waals surface area (Å²) in [5, 5.41) is 16.5. The van der Waals surface area contributed by atoms with E-state index in [4.69, 9.17) is 16.3 Å². The Balaban J connectivity index is 1.79. The quantitative estimate of drug-likeness (QED) is 0.590. The minimum Gasteiger partial charge on any atom is -0.497 e. The van der Waals surface area contributed by atoms with Crippen LogP contribution in [0.5, 0.6) is 11.6 Å². The van der Waals surface area contributed by atoms with Gasteiger partial charge in [-0.2, -0.15) is 10.1 Å². The first-order valence-electron chi connectivity index (χ1n) is 9.40. The second-order valence-corrected chi connectivity index (χ2v) is 7.31. The zero-order valence-corrected chi connectivity index (χ0v) is 17.8. The maximum atomic E-state index is 13.0. The molecule has 1 aromatic heterocycles. The molecule has 2 aromatic carbocycles. The predicted molar refractivity (Wildman–Crippen MR) is 121 cm³/mol. The summed E-state index contributed by atoms with van der Waals surface area (Å²) in [7, 11) is 1.53. The third-order valence-electron chi connectivity index (χ3n) is 4.86. The van der Waals surface area contributed by atoms with Gasteiger partial charge in [-0.05, 0) is 55.5 Å². The summed E-state index contributed by atoms with van der Waals surface area (Å²) >= 11 is 5.98. The van der Waals surface area contributed by atoms with Crippen molar-refractivity contribution in [3.8, 4) is 17.3 Å². The molecule has 10 heteroatoms. The molecule has 1 aliphatic heterocycles. The van der Waals surface area contributed by atoms with Crippen LogP contribution in [0.1, 0.15) is 12.5 Å². The first-order valence-corrected chi connectivity index (χ1v) is 9.78. The number of nitrogens with one attached hydrogen (secondary N) is 1. The number of anilines is 1. The minimum absolute atomic E-state index is 0.0953. The molecule has 2 N–H and O–H groups in total. The molecule has 2 heterocycles. The standard InChI is InChI=1S/C22H17ClN4O5/c1-12-17(21(30)27(25-12)14-6-8-16(32-2)9-7-14)11-18-19(28)24-22(31)26(20(18)29)15-5-3-4-13(23)10-15/h3-11,29H,1-2H3,(H,24,28,31)/b17-11-. The first-order chi connectivity index (χ1) is 15.3. The largest absolute Gasteiger partial charge is 0.497 e. The molecular weight excluding hydrogens is 436 g/mol. The van der Waals surface area contributed by atoms with Crippen molar-refractivity contribution < 1.29 is 14.6 Å². The van der Waals surface area contributed by atoms with E-state index in [9.17, 15) is 19.5 Å². The Kier molecular flexibility index (Phi) is 5.41. The van der Waals surface area contributed by atoms with Gasteiger partial charge < -0.3 is 9.84 Å². The predicted octanol–water partition coefficient (Wildman–Crippen LogP) is 2.70. The highest BCUT2D eigenvalue weighted by Gasteiger charge is 2.30. The zero-order valence-electron chi connectivity index (χ0n) is 17.0. The van der Waals surface area contributed by atoms with E-state index in [2.05, 4.69) is 10.1 Å². The van der Waals surface area contributed by atoms with Crippen LogP contribution in [0.3, 0.4) is 0 Å². The zero-order chi connectivity index (χ0) is 23.0. The highest BCUT2D eigenvalue weighted by molar-refractivity contribution is 6.32. The number of aromatic amines is 1. The molecule has 0 saturated heterocycles. The van der Waals surface area contributed by atoms with Gasteiger partial charge in [-0.15, -0.1) is 0 Å². The van der Waals surface area contributed by atoms with Gasteiger partial charge in [0.1, 0.15) is 11.3 Å². The summed E-state index contributed by atoms with van der Waals surface area (Å²) in [5.74, 6) is -0.499. The van der Waals surface area contributed by atoms with E-state index < -0.39 is 23.0 Å². The number of ether oxygens (including phenoxy) is 1. The molecule has 0 atom stereocenters. The number of hydrogen-bond donors (Lipinski definition) is 2. The molecule has 9 nitrogen and oxygen atoms in total. The maximum Gasteiger partial charge on any atom is 0.335 e. The van der Waals surface area contributed by atoms with Gasteiger partial charge in [0.25, 0.3) is 11.5 Å². The van der Waals surface area contributed by atoms with Crippen LogP contribution in [0, 0.1) is 0 Å². The Bertz CT molecular complexity index is 1400. The van der Waals surface area contributed by atoms with Gasteiger partial charge in [0.15, 0.2) is 0 Å². The van der Waals surface area contributed by atoms with Gasteiger partial charge in [0.2, 0.25) is 5.88 Å². The van der Waals surface area contributed by atoms with Crippen molar-refractivity contribution in [2.45, 2.75) is 6.92 Å². The third kappa shape index (κ3) is 3.69. The summed E-state index contributed by atoms with van der Waals surface area (Å²) in [5.41, 5.74) is -0.775. The molecule has 0 radical (unpaired) electrons. The molecule has 0 spiro atoms. The van der Waals surface area contributed by atoms with Gasteiger partial charge >= 0.3 is 5.69 Å². The van der Waals surface area contributed by atoms with Crippen molar-refractivity contribution in [2.24, 2.45) is 5.10 Å². The number of benzene rings is 2. The minimum atomic E-state index is -0.847. The number of carbonyl (C=O) groups is 1. The van der Waals surface area contributed by atoms with Crippen LogP contribution in [-0.4, -0.2) is 33.4 Å². The fraction of sp³-hybridized carbons (Fsp3) is 0.0909. The summed E-state index contributed by atoms with van der Waals surface area (Å²) in [4.78, 5) is 40.0. The van der Waals surface area contributed by atoms with E-state index in [0.29, 0.717) is 22.2 Å². The van der Waals surface area contributed by atoms with Crippen molar-refractivity contribution in [3.63, 3.8) is 0 Å². The van der Waals surface area contributed by atoms with Gasteiger partial charge in [0.05, 0.1) is 29.8 Å². The van der Waals surface area contributed by atoms with Crippen molar-refractivity contribution in [1.82, 2.24) is 9.55 Å². The average Bonchev–Trinajstić information content (AvgIpc) is 3.04. The second kappa shape index (κ2) is 8.20. The number of rotatable bonds is 4. The molecule has 162 valence electrons. The Morgan fingerprint density at radius 3 is 2.47 bits per heavy atom. The van der Waals surface area contributed by atoms with Crippen molar-refractivity contribution in [3.05, 3.63) is 85.5 Å². The fourth-order valence-corrected chi connectivity index (χ4v) is 3.43. The number of carbonyl (C=O) groups excluding carboxylic acids is 1. The fourth-order valence-electron chi connectivity index (χ4n) is 3.25. The van der Waals surface area contributed by atoms with Gasteiger partial charge in [0, 0.05) is 5.02 Å². The number of H-pyrrole nitrogens is 1. The lowest BCUT2D eigenvalue weighted by Crippen LogP contribution is -2.30. The number of halogens is 1. The molecular formula is C22H17ClN4O5. The summed E-state index contributed by atoms with van der Waals surface area (Å²) in [6, 6.07) is 12.9. The van der Waals surface area contributed by atoms with Gasteiger partial charge in [-0.1, -0.05) is 17.7 Å². The Morgan fingerprint density at radius 1 is 1.09 bits per heavy atom. The van der Waals surface area contributed by atoms with Crippen LogP contribution < -0.4 is 21.0 Å². The van der Waals surface area contributed by atoms with Crippen molar-refractivity contribution in [2.75, 3.05) is 12.1 Å². The van der Waals surface area contributed by atoms with E-state index in [1.165, 1.54) is 24.3 Å². The molecule has 0 unspecified atom stereocenters. The smallest absolute Gasteiger partial charge is 0.335 e. The maximum absolute atomic E-state index is 13.0. The number of hydrogen-bond acceptors (Lipinski definition) is 6. The molecule has 1 aliphatic rings. The highest BCUT2D eigenvalue weighted by atomic mass is 35.5. The van der Waals surface area contributed by atoms with E-state index in [0.717, 1.165) is 4.57 Å². The molecule has 3 aromatic rings.